The number of nitrogens with zero attached hydrogens (tertiary/aromatic N) is 1. The first kappa shape index (κ1) is 13.9. The third kappa shape index (κ3) is 3.74. The predicted molar refractivity (Wildman–Crippen MR) is 82.3 cm³/mol. The largest absolute Gasteiger partial charge is 0.497 e. The minimum Gasteiger partial charge on any atom is -0.497 e. The summed E-state index contributed by atoms with van der Waals surface area (Å²) in [5, 5.41) is 3.73. The molecule has 1 saturated heterocycles. The van der Waals surface area contributed by atoms with Gasteiger partial charge in [-0.05, 0) is 62.4 Å². The molecule has 1 aromatic rings. The second-order valence-corrected chi connectivity index (χ2v) is 6.15. The molecule has 110 valence electrons. The fourth-order valence-corrected chi connectivity index (χ4v) is 3.12. The molecular formula is C17H26N2O. The van der Waals surface area contributed by atoms with E-state index in [0.717, 1.165) is 24.1 Å². The Hall–Kier alpha value is -1.06. The summed E-state index contributed by atoms with van der Waals surface area (Å²) in [6.45, 7) is 4.85. The molecule has 1 aliphatic carbocycles. The molecule has 0 amide bonds. The van der Waals surface area contributed by atoms with Crippen molar-refractivity contribution in [2.75, 3.05) is 33.3 Å². The Morgan fingerprint density at radius 2 is 2.05 bits per heavy atom. The number of benzene rings is 1. The van der Waals surface area contributed by atoms with E-state index >= 15 is 0 Å². The van der Waals surface area contributed by atoms with Gasteiger partial charge in [0.15, 0.2) is 0 Å². The maximum Gasteiger partial charge on any atom is 0.118 e. The van der Waals surface area contributed by atoms with Crippen LogP contribution >= 0.6 is 0 Å². The molecule has 1 atom stereocenters. The minimum atomic E-state index is 0.744. The standard InChI is InChI=1S/C17H26N2O/c1-20-16-7-3-14(4-8-16)9-12-19-11-2-10-18-17(13-19)15-5-6-15/h3-4,7-8,15,17-18H,2,5-6,9-13H2,1H3. The first-order valence-corrected chi connectivity index (χ1v) is 7.94. The van der Waals surface area contributed by atoms with Crippen LogP contribution in [0.15, 0.2) is 24.3 Å². The molecule has 3 nitrogen and oxygen atoms in total. The van der Waals surface area contributed by atoms with Crippen molar-refractivity contribution >= 4 is 0 Å². The van der Waals surface area contributed by atoms with Crippen molar-refractivity contribution in [3.63, 3.8) is 0 Å². The van der Waals surface area contributed by atoms with Gasteiger partial charge in [0, 0.05) is 19.1 Å². The Morgan fingerprint density at radius 3 is 2.75 bits per heavy atom. The van der Waals surface area contributed by atoms with E-state index in [9.17, 15) is 0 Å². The summed E-state index contributed by atoms with van der Waals surface area (Å²) in [7, 11) is 1.72. The molecule has 2 aliphatic rings. The van der Waals surface area contributed by atoms with Crippen LogP contribution in [-0.4, -0.2) is 44.2 Å². The Bertz CT molecular complexity index is 414. The molecular weight excluding hydrogens is 248 g/mol. The average Bonchev–Trinajstić information content (AvgIpc) is 3.32. The van der Waals surface area contributed by atoms with Crippen LogP contribution in [0.4, 0.5) is 0 Å². The SMILES string of the molecule is COc1ccc(CCN2CCCNC(C3CC3)C2)cc1. The van der Waals surface area contributed by atoms with Crippen molar-refractivity contribution in [3.05, 3.63) is 29.8 Å². The summed E-state index contributed by atoms with van der Waals surface area (Å²) in [6.07, 6.45) is 5.29. The molecule has 1 aliphatic heterocycles. The van der Waals surface area contributed by atoms with Gasteiger partial charge in [-0.3, -0.25) is 0 Å². The van der Waals surface area contributed by atoms with Gasteiger partial charge in [0.05, 0.1) is 7.11 Å². The number of nitrogens with one attached hydrogen (secondary N) is 1. The molecule has 1 heterocycles. The lowest BCUT2D eigenvalue weighted by Crippen LogP contribution is -2.39. The topological polar surface area (TPSA) is 24.5 Å². The molecule has 20 heavy (non-hydrogen) atoms. The van der Waals surface area contributed by atoms with Crippen molar-refractivity contribution in [2.24, 2.45) is 5.92 Å². The highest BCUT2D eigenvalue weighted by Crippen LogP contribution is 2.33. The van der Waals surface area contributed by atoms with Crippen molar-refractivity contribution in [2.45, 2.75) is 31.7 Å². The quantitative estimate of drug-likeness (QED) is 0.892. The lowest BCUT2D eigenvalue weighted by atomic mass is 10.1. The van der Waals surface area contributed by atoms with Gasteiger partial charge in [0.1, 0.15) is 5.75 Å². The maximum absolute atomic E-state index is 5.21. The normalized spacial score (nSPS) is 24.4. The second kappa shape index (κ2) is 6.59. The first-order valence-electron chi connectivity index (χ1n) is 7.94. The van der Waals surface area contributed by atoms with Gasteiger partial charge in [-0.25, -0.2) is 0 Å². The Labute approximate surface area is 122 Å². The van der Waals surface area contributed by atoms with Crippen LogP contribution in [-0.2, 0) is 6.42 Å². The maximum atomic E-state index is 5.21. The number of methoxy groups -OCH3 is 1. The van der Waals surface area contributed by atoms with Crippen molar-refractivity contribution in [1.82, 2.24) is 10.2 Å². The van der Waals surface area contributed by atoms with E-state index in [1.54, 1.807) is 7.11 Å². The van der Waals surface area contributed by atoms with Gasteiger partial charge < -0.3 is 15.0 Å². The molecule has 3 rings (SSSR count). The lowest BCUT2D eigenvalue weighted by molar-refractivity contribution is 0.261. The lowest BCUT2D eigenvalue weighted by Gasteiger charge is -2.24. The molecule has 3 heteroatoms. The highest BCUT2D eigenvalue weighted by molar-refractivity contribution is 5.27. The number of hydrogen-bond acceptors (Lipinski definition) is 3. The van der Waals surface area contributed by atoms with E-state index in [1.807, 2.05) is 0 Å². The number of ether oxygens (including phenoxy) is 1. The summed E-state index contributed by atoms with van der Waals surface area (Å²) in [5.41, 5.74) is 1.41. The fraction of sp³-hybridized carbons (Fsp3) is 0.647. The van der Waals surface area contributed by atoms with Crippen molar-refractivity contribution in [1.29, 1.82) is 0 Å². The molecule has 0 spiro atoms. The van der Waals surface area contributed by atoms with Gasteiger partial charge >= 0.3 is 0 Å². The Kier molecular flexibility index (Phi) is 4.58. The molecule has 1 unspecified atom stereocenters. The number of rotatable bonds is 5. The van der Waals surface area contributed by atoms with Gasteiger partial charge in [-0.15, -0.1) is 0 Å². The van der Waals surface area contributed by atoms with Crippen LogP contribution in [0, 0.1) is 5.92 Å². The second-order valence-electron chi connectivity index (χ2n) is 6.15. The molecule has 2 fully saturated rings. The summed E-state index contributed by atoms with van der Waals surface area (Å²) >= 11 is 0. The van der Waals surface area contributed by atoms with Crippen LogP contribution in [0.2, 0.25) is 0 Å². The average molecular weight is 274 g/mol. The Morgan fingerprint density at radius 1 is 1.25 bits per heavy atom. The highest BCUT2D eigenvalue weighted by atomic mass is 16.5. The molecule has 0 aromatic heterocycles. The highest BCUT2D eigenvalue weighted by Gasteiger charge is 2.32. The van der Waals surface area contributed by atoms with E-state index in [4.69, 9.17) is 4.74 Å². The van der Waals surface area contributed by atoms with Gasteiger partial charge in [-0.1, -0.05) is 12.1 Å². The van der Waals surface area contributed by atoms with Crippen LogP contribution in [0.1, 0.15) is 24.8 Å². The Balaban J connectivity index is 1.50. The van der Waals surface area contributed by atoms with Crippen molar-refractivity contribution in [3.8, 4) is 5.75 Å². The molecule has 0 bridgehead atoms. The first-order chi connectivity index (χ1) is 9.85. The van der Waals surface area contributed by atoms with E-state index in [0.29, 0.717) is 0 Å². The van der Waals surface area contributed by atoms with E-state index in [1.165, 1.54) is 51.0 Å². The zero-order chi connectivity index (χ0) is 13.8. The monoisotopic (exact) mass is 274 g/mol. The molecule has 1 saturated carbocycles. The van der Waals surface area contributed by atoms with E-state index in [-0.39, 0.29) is 0 Å². The van der Waals surface area contributed by atoms with Gasteiger partial charge in [0.2, 0.25) is 0 Å². The predicted octanol–water partition coefficient (Wildman–Crippen LogP) is 2.31. The summed E-state index contributed by atoms with van der Waals surface area (Å²) in [4.78, 5) is 2.65. The summed E-state index contributed by atoms with van der Waals surface area (Å²) in [6, 6.07) is 9.24. The van der Waals surface area contributed by atoms with Gasteiger partial charge in [-0.2, -0.15) is 0 Å². The molecule has 1 aromatic carbocycles. The minimum absolute atomic E-state index is 0.744. The molecule has 0 radical (unpaired) electrons. The fourth-order valence-electron chi connectivity index (χ4n) is 3.12. The van der Waals surface area contributed by atoms with Crippen LogP contribution in [0.3, 0.4) is 0 Å². The molecule has 1 N–H and O–H groups in total. The van der Waals surface area contributed by atoms with Gasteiger partial charge in [0.25, 0.3) is 0 Å². The zero-order valence-corrected chi connectivity index (χ0v) is 12.5. The van der Waals surface area contributed by atoms with Crippen molar-refractivity contribution < 1.29 is 4.74 Å². The van der Waals surface area contributed by atoms with E-state index in [2.05, 4.69) is 34.5 Å². The zero-order valence-electron chi connectivity index (χ0n) is 12.5. The van der Waals surface area contributed by atoms with Crippen LogP contribution in [0.25, 0.3) is 0 Å². The van der Waals surface area contributed by atoms with Crippen LogP contribution in [0.5, 0.6) is 5.75 Å². The third-order valence-electron chi connectivity index (χ3n) is 4.58. The van der Waals surface area contributed by atoms with E-state index < -0.39 is 0 Å². The third-order valence-corrected chi connectivity index (χ3v) is 4.58. The smallest absolute Gasteiger partial charge is 0.118 e. The number of hydrogen-bond donors (Lipinski definition) is 1. The summed E-state index contributed by atoms with van der Waals surface area (Å²) in [5.74, 6) is 1.90. The van der Waals surface area contributed by atoms with Crippen LogP contribution < -0.4 is 10.1 Å². The summed E-state index contributed by atoms with van der Waals surface area (Å²) < 4.78 is 5.21.